The number of ether oxygens (including phenoxy) is 2. The number of nitrogens with one attached hydrogen (secondary N) is 5. The van der Waals surface area contributed by atoms with Crippen molar-refractivity contribution in [2.45, 2.75) is 180 Å². The van der Waals surface area contributed by atoms with Gasteiger partial charge in [0.15, 0.2) is 0 Å². The molecule has 426 valence electrons. The minimum atomic E-state index is -0.949. The number of carbonyl (C=O) groups excluding carboxylic acids is 6. The van der Waals surface area contributed by atoms with Crippen LogP contribution in [0.4, 0.5) is 0 Å². The van der Waals surface area contributed by atoms with Crippen molar-refractivity contribution < 1.29 is 43.3 Å². The largest absolute Gasteiger partial charge is 0.493 e. The molecule has 6 N–H and O–H groups in total. The summed E-state index contributed by atoms with van der Waals surface area (Å²) in [5, 5.41) is 26.1. The van der Waals surface area contributed by atoms with Gasteiger partial charge in [-0.1, -0.05) is 94.6 Å². The van der Waals surface area contributed by atoms with E-state index in [9.17, 15) is 33.9 Å². The number of likely N-dealkylation sites (tertiary alicyclic amines) is 2. The van der Waals surface area contributed by atoms with Crippen molar-refractivity contribution in [2.75, 3.05) is 26.7 Å². The Hall–Kier alpha value is -6.37. The van der Waals surface area contributed by atoms with Gasteiger partial charge in [0.1, 0.15) is 41.8 Å². The number of unbranched alkanes of at least 4 members (excludes halogenated alkanes) is 1. The van der Waals surface area contributed by atoms with E-state index in [2.05, 4.69) is 43.7 Å². The Labute approximate surface area is 469 Å². The number of aromatic nitrogens is 1. The molecule has 0 radical (unpaired) electrons. The second-order valence-corrected chi connectivity index (χ2v) is 24.0. The summed E-state index contributed by atoms with van der Waals surface area (Å²) in [7, 11) is 1.71. The van der Waals surface area contributed by atoms with Gasteiger partial charge in [-0.3, -0.25) is 28.8 Å². The number of amides is 6. The Morgan fingerprint density at radius 2 is 1.52 bits per heavy atom. The molecular formula is C61H82N8O9S. The third kappa shape index (κ3) is 14.9. The van der Waals surface area contributed by atoms with Gasteiger partial charge in [0.05, 0.1) is 53.5 Å². The van der Waals surface area contributed by atoms with Crippen molar-refractivity contribution in [2.24, 2.45) is 11.3 Å². The molecule has 17 nitrogen and oxygen atoms in total. The van der Waals surface area contributed by atoms with Gasteiger partial charge in [0.2, 0.25) is 35.4 Å². The van der Waals surface area contributed by atoms with Gasteiger partial charge in [0, 0.05) is 31.9 Å². The average Bonchev–Trinajstić information content (AvgIpc) is 4.23. The lowest BCUT2D eigenvalue weighted by atomic mass is 9.83. The van der Waals surface area contributed by atoms with Crippen LogP contribution in [0.3, 0.4) is 0 Å². The summed E-state index contributed by atoms with van der Waals surface area (Å²) in [6, 6.07) is 18.9. The zero-order chi connectivity index (χ0) is 56.4. The Balaban J connectivity index is 0.848. The number of aliphatic hydroxyl groups is 1. The molecule has 0 bridgehead atoms. The first-order valence-electron chi connectivity index (χ1n) is 28.5. The summed E-state index contributed by atoms with van der Waals surface area (Å²) in [5.74, 6) is -0.854. The van der Waals surface area contributed by atoms with Gasteiger partial charge >= 0.3 is 0 Å². The van der Waals surface area contributed by atoms with Crippen LogP contribution >= 0.6 is 11.3 Å². The van der Waals surface area contributed by atoms with E-state index in [1.807, 2.05) is 94.7 Å². The molecule has 2 saturated heterocycles. The Kier molecular flexibility index (Phi) is 19.9. The first-order valence-corrected chi connectivity index (χ1v) is 29.4. The van der Waals surface area contributed by atoms with Crippen molar-refractivity contribution in [3.8, 4) is 21.9 Å². The van der Waals surface area contributed by atoms with Gasteiger partial charge in [-0.15, -0.1) is 11.3 Å². The normalized spacial score (nSPS) is 21.9. The van der Waals surface area contributed by atoms with Crippen LogP contribution < -0.4 is 36.1 Å². The minimum Gasteiger partial charge on any atom is -0.493 e. The highest BCUT2D eigenvalue weighted by Crippen LogP contribution is 2.35. The molecule has 4 aromatic rings. The molecule has 2 aliphatic carbocycles. The van der Waals surface area contributed by atoms with Crippen molar-refractivity contribution in [3.05, 3.63) is 101 Å². The summed E-state index contributed by atoms with van der Waals surface area (Å²) in [4.78, 5) is 92.7. The van der Waals surface area contributed by atoms with Crippen LogP contribution in [0.15, 0.2) is 78.3 Å². The molecular weight excluding hydrogens is 1020 g/mol. The molecule has 8 rings (SSSR count). The van der Waals surface area contributed by atoms with Gasteiger partial charge in [-0.05, 0) is 118 Å². The minimum absolute atomic E-state index is 0.0224. The quantitative estimate of drug-likeness (QED) is 0.0457. The highest BCUT2D eigenvalue weighted by molar-refractivity contribution is 7.13. The van der Waals surface area contributed by atoms with E-state index in [-0.39, 0.29) is 79.9 Å². The molecule has 3 aromatic carbocycles. The van der Waals surface area contributed by atoms with Crippen LogP contribution in [-0.4, -0.2) is 124 Å². The van der Waals surface area contributed by atoms with E-state index in [1.165, 1.54) is 10.5 Å². The van der Waals surface area contributed by atoms with Gasteiger partial charge in [0.25, 0.3) is 0 Å². The molecule has 3 heterocycles. The smallest absolute Gasteiger partial charge is 0.246 e. The summed E-state index contributed by atoms with van der Waals surface area (Å²) >= 11 is 1.57. The number of likely N-dealkylation sites (N-methyl/N-ethyl adjacent to an activating group) is 1. The lowest BCUT2D eigenvalue weighted by Crippen LogP contribution is -2.58. The molecule has 6 amide bonds. The first-order chi connectivity index (χ1) is 37.9. The second kappa shape index (κ2) is 26.7. The monoisotopic (exact) mass is 1100 g/mol. The third-order valence-corrected chi connectivity index (χ3v) is 17.3. The number of fused-ring (bicyclic) bond motifs is 1. The topological polar surface area (TPSA) is 221 Å². The number of thiazole rings is 1. The van der Waals surface area contributed by atoms with Crippen LogP contribution in [0.2, 0.25) is 0 Å². The van der Waals surface area contributed by atoms with Crippen molar-refractivity contribution in [1.82, 2.24) is 41.4 Å². The predicted molar refractivity (Wildman–Crippen MR) is 304 cm³/mol. The van der Waals surface area contributed by atoms with Crippen molar-refractivity contribution >= 4 is 46.8 Å². The molecule has 79 heavy (non-hydrogen) atoms. The fourth-order valence-corrected chi connectivity index (χ4v) is 12.5. The predicted octanol–water partition coefficient (Wildman–Crippen LogP) is 7.25. The lowest BCUT2D eigenvalue weighted by Gasteiger charge is -2.35. The zero-order valence-electron chi connectivity index (χ0n) is 47.1. The number of β-amino-alcohol motifs (C(OH)–C–C–N with tert-alkyl or cyclic N) is 1. The summed E-state index contributed by atoms with van der Waals surface area (Å²) in [6.07, 6.45) is 7.42. The first kappa shape index (κ1) is 58.8. The van der Waals surface area contributed by atoms with E-state index in [1.54, 1.807) is 36.3 Å². The number of nitrogens with zero attached hydrogens (tertiary/aromatic N) is 3. The van der Waals surface area contributed by atoms with Gasteiger partial charge in [-0.25, -0.2) is 4.98 Å². The summed E-state index contributed by atoms with van der Waals surface area (Å²) in [6.45, 7) is 11.6. The molecule has 18 heteroatoms. The maximum atomic E-state index is 14.9. The molecule has 1 aromatic heterocycles. The van der Waals surface area contributed by atoms with Crippen LogP contribution in [0, 0.1) is 18.3 Å². The van der Waals surface area contributed by atoms with Crippen molar-refractivity contribution in [3.63, 3.8) is 0 Å². The number of rotatable bonds is 21. The summed E-state index contributed by atoms with van der Waals surface area (Å²) < 4.78 is 12.7. The van der Waals surface area contributed by atoms with Gasteiger partial charge < -0.3 is 51.0 Å². The third-order valence-electron chi connectivity index (χ3n) is 16.3. The van der Waals surface area contributed by atoms with Crippen LogP contribution in [0.1, 0.15) is 146 Å². The molecule has 0 unspecified atom stereocenters. The molecule has 1 saturated carbocycles. The van der Waals surface area contributed by atoms with Crippen molar-refractivity contribution in [1.29, 1.82) is 0 Å². The maximum Gasteiger partial charge on any atom is 0.246 e. The molecule has 0 spiro atoms. The number of hydrogen-bond donors (Lipinski definition) is 6. The number of aliphatic hydroxyl groups excluding tert-OH is 1. The average molecular weight is 1100 g/mol. The molecule has 2 aliphatic heterocycles. The van der Waals surface area contributed by atoms with Crippen LogP contribution in [0.25, 0.3) is 10.4 Å². The van der Waals surface area contributed by atoms with E-state index in [0.29, 0.717) is 30.9 Å². The summed E-state index contributed by atoms with van der Waals surface area (Å²) in [5.41, 5.74) is 6.33. The fourth-order valence-electron chi connectivity index (χ4n) is 11.6. The number of carbonyl (C=O) groups is 6. The SMILES string of the molecule is CN[C@@H](C)C(=O)N[C@H](C(=O)N1C[C@@H](Oc2cccc(OCCCCC(=O)N[C@H](C(=O)N3C[C@H](O)C[C@H]3C(=O)N[C@@H](C)c3ccc(-c4scnc4C)cc3)C(C)(C)C)c2)C[C@H]1C(=O)N[C@@H]1CCCc2ccccc21)C1CCCCC1. The number of aryl methyl sites for hydroxylation is 2. The lowest BCUT2D eigenvalue weighted by molar-refractivity contribution is -0.144. The Bertz CT molecular complexity index is 2760. The molecule has 4 aliphatic rings. The zero-order valence-corrected chi connectivity index (χ0v) is 47.9. The highest BCUT2D eigenvalue weighted by Gasteiger charge is 2.47. The fraction of sp³-hybridized carbons (Fsp3) is 0.557. The number of hydrogen-bond acceptors (Lipinski definition) is 12. The molecule has 3 fully saturated rings. The van der Waals surface area contributed by atoms with E-state index >= 15 is 0 Å². The molecule has 9 atom stereocenters. The van der Waals surface area contributed by atoms with Gasteiger partial charge in [-0.2, -0.15) is 0 Å². The standard InChI is InChI=1S/C61H82N8O9S/c1-37(40-26-28-43(29-27-40)54-38(2)63-36-79-54)64-57(73)50-31-44(70)34-68(50)60(76)55(61(4,5)6)66-52(71)25-13-14-30-77-45-21-16-22-46(32-45)78-47-33-51(58(74)65-49-24-15-20-41-17-11-12-23-48(41)49)69(35-47)59(75)53(42-18-9-8-10-19-42)67-56(72)39(3)62-7/h11-12,16-17,21-23,26-29,32,36-37,39,42,44,47,49-51,53,55,62,70H,8-10,13-15,18-20,24-25,30-31,33-35H2,1-7H3,(H,64,73)(H,65,74)(H,66,71)(H,67,72)/t37-,39-,44+,47-,49+,50-,51-,53-,55+/m0/s1. The van der Waals surface area contributed by atoms with E-state index < -0.39 is 53.7 Å². The van der Waals surface area contributed by atoms with E-state index in [4.69, 9.17) is 9.47 Å². The second-order valence-electron chi connectivity index (χ2n) is 23.2. The van der Waals surface area contributed by atoms with Crippen LogP contribution in [0.5, 0.6) is 11.5 Å². The Morgan fingerprint density at radius 1 is 0.797 bits per heavy atom. The Morgan fingerprint density at radius 3 is 2.24 bits per heavy atom. The van der Waals surface area contributed by atoms with E-state index in [0.717, 1.165) is 78.6 Å². The maximum absolute atomic E-state index is 14.9. The highest BCUT2D eigenvalue weighted by atomic mass is 32.1. The number of benzene rings is 3. The van der Waals surface area contributed by atoms with Crippen LogP contribution in [-0.2, 0) is 35.2 Å².